The van der Waals surface area contributed by atoms with Gasteiger partial charge in [-0.1, -0.05) is 24.3 Å². The van der Waals surface area contributed by atoms with Gasteiger partial charge in [0.25, 0.3) is 0 Å². The van der Waals surface area contributed by atoms with Crippen LogP contribution in [0, 0.1) is 22.7 Å². The molecule has 4 rings (SSSR count). The molecule has 0 saturated heterocycles. The van der Waals surface area contributed by atoms with E-state index in [2.05, 4.69) is 21.4 Å². The molecule has 0 aliphatic heterocycles. The van der Waals surface area contributed by atoms with E-state index in [4.69, 9.17) is 15.7 Å². The van der Waals surface area contributed by atoms with Crippen LogP contribution in [0.25, 0.3) is 22.3 Å². The van der Waals surface area contributed by atoms with Crippen LogP contribution in [-0.4, -0.2) is 34.6 Å². The van der Waals surface area contributed by atoms with E-state index in [9.17, 15) is 18.9 Å². The summed E-state index contributed by atoms with van der Waals surface area (Å²) in [5.74, 6) is 0.232. The van der Waals surface area contributed by atoms with Crippen molar-refractivity contribution in [3.63, 3.8) is 0 Å². The Morgan fingerprint density at radius 2 is 1.79 bits per heavy atom. The number of aromatic nitrogens is 4. The van der Waals surface area contributed by atoms with Gasteiger partial charge < -0.3 is 11.1 Å². The first-order valence-electron chi connectivity index (χ1n) is 10.0. The van der Waals surface area contributed by atoms with Gasteiger partial charge >= 0.3 is 0 Å². The van der Waals surface area contributed by atoms with Gasteiger partial charge in [-0.15, -0.1) is 0 Å². The van der Waals surface area contributed by atoms with E-state index < -0.39 is 15.9 Å². The molecule has 1 unspecified atom stereocenters. The standard InChI is InChI=1S/C23H18N8O2S/c1-13(29-23-16(11-25)22(26)27-12-28-23)19-21(15-7-3-4-9-18(15)34(2,32)33)31-20-14(10-24)6-5-8-17(20)30-19/h3-9,12-13H,1-2H3,(H3,26,27,28,29). The molecule has 2 aromatic heterocycles. The summed E-state index contributed by atoms with van der Waals surface area (Å²) >= 11 is 0. The largest absolute Gasteiger partial charge is 0.382 e. The minimum absolute atomic E-state index is 0.0260. The Morgan fingerprint density at radius 3 is 2.50 bits per heavy atom. The van der Waals surface area contributed by atoms with Crippen LogP contribution in [0.3, 0.4) is 0 Å². The van der Waals surface area contributed by atoms with Crippen molar-refractivity contribution in [2.45, 2.75) is 17.9 Å². The molecule has 34 heavy (non-hydrogen) atoms. The normalized spacial score (nSPS) is 12.0. The Bertz CT molecular complexity index is 1620. The molecule has 0 fully saturated rings. The molecule has 0 aliphatic rings. The highest BCUT2D eigenvalue weighted by molar-refractivity contribution is 7.90. The highest BCUT2D eigenvalue weighted by atomic mass is 32.2. The van der Waals surface area contributed by atoms with Crippen LogP contribution in [0.2, 0.25) is 0 Å². The SMILES string of the molecule is CC(Nc1ncnc(N)c1C#N)c1nc2cccc(C#N)c2nc1-c1ccccc1S(C)(=O)=O. The third-order valence-electron chi connectivity index (χ3n) is 5.14. The summed E-state index contributed by atoms with van der Waals surface area (Å²) < 4.78 is 25.0. The Kier molecular flexibility index (Phi) is 5.80. The number of nitrogens with one attached hydrogen (secondary N) is 1. The molecule has 0 aliphatic carbocycles. The van der Waals surface area contributed by atoms with E-state index in [0.29, 0.717) is 27.9 Å². The van der Waals surface area contributed by atoms with Gasteiger partial charge in [-0.05, 0) is 25.1 Å². The van der Waals surface area contributed by atoms with Gasteiger partial charge in [-0.3, -0.25) is 0 Å². The third kappa shape index (κ3) is 4.08. The smallest absolute Gasteiger partial charge is 0.176 e. The van der Waals surface area contributed by atoms with Crippen molar-refractivity contribution in [1.82, 2.24) is 19.9 Å². The van der Waals surface area contributed by atoms with Crippen molar-refractivity contribution in [1.29, 1.82) is 10.5 Å². The number of nitrogens with two attached hydrogens (primary N) is 1. The Hall–Kier alpha value is -4.61. The number of benzene rings is 2. The lowest BCUT2D eigenvalue weighted by Crippen LogP contribution is -2.15. The fraction of sp³-hybridized carbons (Fsp3) is 0.130. The van der Waals surface area contributed by atoms with Gasteiger partial charge in [0.2, 0.25) is 0 Å². The Labute approximate surface area is 195 Å². The summed E-state index contributed by atoms with van der Waals surface area (Å²) in [6.45, 7) is 1.77. The molecule has 11 heteroatoms. The number of anilines is 2. The van der Waals surface area contributed by atoms with E-state index in [-0.39, 0.29) is 27.8 Å². The molecule has 0 radical (unpaired) electrons. The fourth-order valence-electron chi connectivity index (χ4n) is 3.56. The number of nitrogens with zero attached hydrogens (tertiary/aromatic N) is 6. The first-order valence-corrected chi connectivity index (χ1v) is 11.9. The molecule has 0 spiro atoms. The zero-order valence-electron chi connectivity index (χ0n) is 18.2. The summed E-state index contributed by atoms with van der Waals surface area (Å²) in [5, 5.41) is 22.1. The lowest BCUT2D eigenvalue weighted by molar-refractivity contribution is 0.602. The molecule has 1 atom stereocenters. The zero-order chi connectivity index (χ0) is 24.5. The second-order valence-electron chi connectivity index (χ2n) is 7.47. The van der Waals surface area contributed by atoms with Crippen molar-refractivity contribution in [2.24, 2.45) is 0 Å². The number of sulfone groups is 1. The predicted octanol–water partition coefficient (Wildman–Crippen LogP) is 2.99. The van der Waals surface area contributed by atoms with Crippen LogP contribution in [-0.2, 0) is 9.84 Å². The summed E-state index contributed by atoms with van der Waals surface area (Å²) in [6, 6.07) is 15.0. The number of hydrogen-bond donors (Lipinski definition) is 2. The topological polar surface area (TPSA) is 171 Å². The molecule has 0 amide bonds. The van der Waals surface area contributed by atoms with Gasteiger partial charge in [0.1, 0.15) is 41.2 Å². The van der Waals surface area contributed by atoms with Crippen LogP contribution >= 0.6 is 0 Å². The van der Waals surface area contributed by atoms with Crippen molar-refractivity contribution >= 4 is 32.5 Å². The average molecular weight is 471 g/mol. The molecule has 2 aromatic carbocycles. The van der Waals surface area contributed by atoms with Crippen molar-refractivity contribution in [3.8, 4) is 23.4 Å². The summed E-state index contributed by atoms with van der Waals surface area (Å²) in [5.41, 5.74) is 8.04. The number of fused-ring (bicyclic) bond motifs is 1. The second kappa shape index (κ2) is 8.73. The molecule has 0 saturated carbocycles. The quantitative estimate of drug-likeness (QED) is 0.441. The summed E-state index contributed by atoms with van der Waals surface area (Å²) in [7, 11) is -3.60. The maximum absolute atomic E-state index is 12.5. The Morgan fingerprint density at radius 1 is 1.03 bits per heavy atom. The van der Waals surface area contributed by atoms with E-state index in [1.54, 1.807) is 43.3 Å². The molecule has 168 valence electrons. The zero-order valence-corrected chi connectivity index (χ0v) is 19.0. The van der Waals surface area contributed by atoms with Gasteiger partial charge in [-0.25, -0.2) is 28.4 Å². The van der Waals surface area contributed by atoms with Gasteiger partial charge in [-0.2, -0.15) is 10.5 Å². The molecular formula is C23H18N8O2S. The monoisotopic (exact) mass is 470 g/mol. The number of rotatable bonds is 5. The van der Waals surface area contributed by atoms with E-state index in [0.717, 1.165) is 6.26 Å². The van der Waals surface area contributed by atoms with Crippen LogP contribution in [0.4, 0.5) is 11.6 Å². The number of nitrogen functional groups attached to an aromatic ring is 1. The van der Waals surface area contributed by atoms with Crippen molar-refractivity contribution in [2.75, 3.05) is 17.3 Å². The van der Waals surface area contributed by atoms with Gasteiger partial charge in [0.05, 0.1) is 33.4 Å². The van der Waals surface area contributed by atoms with Crippen LogP contribution in [0.1, 0.15) is 29.8 Å². The number of nitriles is 2. The first-order chi connectivity index (χ1) is 16.2. The molecule has 10 nitrogen and oxygen atoms in total. The van der Waals surface area contributed by atoms with Crippen molar-refractivity contribution in [3.05, 3.63) is 65.6 Å². The number of hydrogen-bond acceptors (Lipinski definition) is 10. The first kappa shape index (κ1) is 22.6. The van der Waals surface area contributed by atoms with E-state index in [1.165, 1.54) is 12.4 Å². The summed E-state index contributed by atoms with van der Waals surface area (Å²) in [4.78, 5) is 17.5. The van der Waals surface area contributed by atoms with Crippen LogP contribution in [0.5, 0.6) is 0 Å². The lowest BCUT2D eigenvalue weighted by atomic mass is 10.0. The molecule has 3 N–H and O–H groups in total. The van der Waals surface area contributed by atoms with Crippen molar-refractivity contribution < 1.29 is 8.42 Å². The summed E-state index contributed by atoms with van der Waals surface area (Å²) in [6.07, 6.45) is 2.35. The maximum Gasteiger partial charge on any atom is 0.176 e. The third-order valence-corrected chi connectivity index (χ3v) is 6.29. The van der Waals surface area contributed by atoms with Gasteiger partial charge in [0, 0.05) is 11.8 Å². The van der Waals surface area contributed by atoms with Crippen LogP contribution in [0.15, 0.2) is 53.7 Å². The molecule has 4 aromatic rings. The van der Waals surface area contributed by atoms with Crippen LogP contribution < -0.4 is 11.1 Å². The number of para-hydroxylation sites is 1. The second-order valence-corrected chi connectivity index (χ2v) is 9.46. The molecule has 0 bridgehead atoms. The highest BCUT2D eigenvalue weighted by Crippen LogP contribution is 2.34. The Balaban J connectivity index is 1.99. The van der Waals surface area contributed by atoms with Gasteiger partial charge in [0.15, 0.2) is 9.84 Å². The predicted molar refractivity (Wildman–Crippen MR) is 126 cm³/mol. The average Bonchev–Trinajstić information content (AvgIpc) is 2.82. The minimum Gasteiger partial charge on any atom is -0.382 e. The molecular weight excluding hydrogens is 452 g/mol. The highest BCUT2D eigenvalue weighted by Gasteiger charge is 2.24. The maximum atomic E-state index is 12.5. The fourth-order valence-corrected chi connectivity index (χ4v) is 4.45. The minimum atomic E-state index is -3.60. The lowest BCUT2D eigenvalue weighted by Gasteiger charge is -2.20. The molecule has 2 heterocycles. The van der Waals surface area contributed by atoms with E-state index in [1.807, 2.05) is 6.07 Å². The van der Waals surface area contributed by atoms with E-state index >= 15 is 0 Å².